The van der Waals surface area contributed by atoms with Crippen molar-refractivity contribution < 1.29 is 4.42 Å². The minimum absolute atomic E-state index is 0.147. The zero-order valence-corrected chi connectivity index (χ0v) is 20.1. The summed E-state index contributed by atoms with van der Waals surface area (Å²) >= 11 is 0. The maximum absolute atomic E-state index is 6.11. The maximum Gasteiger partial charge on any atom is 0.145 e. The summed E-state index contributed by atoms with van der Waals surface area (Å²) < 4.78 is 6.11. The molecule has 1 unspecified atom stereocenters. The van der Waals surface area contributed by atoms with Gasteiger partial charge >= 0.3 is 0 Å². The average molecular weight is 477 g/mol. The van der Waals surface area contributed by atoms with Crippen LogP contribution in [0.15, 0.2) is 143 Å². The van der Waals surface area contributed by atoms with Crippen molar-refractivity contribution in [3.05, 3.63) is 150 Å². The van der Waals surface area contributed by atoms with Crippen LogP contribution in [0.5, 0.6) is 0 Å². The van der Waals surface area contributed by atoms with Gasteiger partial charge < -0.3 is 9.73 Å². The van der Waals surface area contributed by atoms with Gasteiger partial charge in [0.1, 0.15) is 17.3 Å². The van der Waals surface area contributed by atoms with Gasteiger partial charge in [-0.15, -0.1) is 0 Å². The van der Waals surface area contributed by atoms with Gasteiger partial charge in [0, 0.05) is 16.5 Å². The van der Waals surface area contributed by atoms with Crippen LogP contribution in [0.2, 0.25) is 0 Å². The van der Waals surface area contributed by atoms with Crippen molar-refractivity contribution in [2.24, 2.45) is 4.99 Å². The summed E-state index contributed by atoms with van der Waals surface area (Å²) in [5.74, 6) is 0. The predicted octanol–water partition coefficient (Wildman–Crippen LogP) is 8.39. The lowest BCUT2D eigenvalue weighted by atomic mass is 9.98. The molecule has 1 aliphatic rings. The fourth-order valence-corrected chi connectivity index (χ4v) is 5.01. The molecule has 0 amide bonds. The van der Waals surface area contributed by atoms with E-state index in [4.69, 9.17) is 9.41 Å². The van der Waals surface area contributed by atoms with Gasteiger partial charge in [0.2, 0.25) is 0 Å². The van der Waals surface area contributed by atoms with E-state index in [-0.39, 0.29) is 6.17 Å². The number of nitrogens with zero attached hydrogens (tertiary/aromatic N) is 1. The van der Waals surface area contributed by atoms with Gasteiger partial charge in [-0.3, -0.25) is 4.99 Å². The van der Waals surface area contributed by atoms with Crippen molar-refractivity contribution in [1.82, 2.24) is 5.32 Å². The third-order valence-electron chi connectivity index (χ3n) is 6.93. The summed E-state index contributed by atoms with van der Waals surface area (Å²) in [6, 6.07) is 44.1. The number of hydrogen-bond donors (Lipinski definition) is 1. The predicted molar refractivity (Wildman–Crippen MR) is 152 cm³/mol. The minimum atomic E-state index is -0.147. The summed E-state index contributed by atoms with van der Waals surface area (Å²) in [4.78, 5) is 5.08. The smallest absolute Gasteiger partial charge is 0.145 e. The number of allylic oxidation sites excluding steroid dienone is 1. The molecule has 7 rings (SSSR count). The second-order valence-corrected chi connectivity index (χ2v) is 9.28. The van der Waals surface area contributed by atoms with Gasteiger partial charge in [-0.2, -0.15) is 0 Å². The number of nitrogens with one attached hydrogen (secondary N) is 1. The van der Waals surface area contributed by atoms with E-state index >= 15 is 0 Å². The molecule has 1 N–H and O–H groups in total. The quantitative estimate of drug-likeness (QED) is 0.277. The lowest BCUT2D eigenvalue weighted by molar-refractivity contribution is 0.664. The fraction of sp³-hybridized carbons (Fsp3) is 0.0294. The highest BCUT2D eigenvalue weighted by atomic mass is 16.3. The molecule has 176 valence electrons. The lowest BCUT2D eigenvalue weighted by Crippen LogP contribution is -2.24. The molecule has 2 heterocycles. The van der Waals surface area contributed by atoms with Gasteiger partial charge in [-0.05, 0) is 52.1 Å². The molecular weight excluding hydrogens is 452 g/mol. The van der Waals surface area contributed by atoms with Crippen LogP contribution in [0.4, 0.5) is 0 Å². The highest BCUT2D eigenvalue weighted by molar-refractivity contribution is 6.13. The largest absolute Gasteiger partial charge is 0.456 e. The molecule has 0 fully saturated rings. The first-order valence-electron chi connectivity index (χ1n) is 12.5. The molecule has 0 radical (unpaired) electrons. The van der Waals surface area contributed by atoms with E-state index < -0.39 is 0 Å². The van der Waals surface area contributed by atoms with Gasteiger partial charge in [0.05, 0.1) is 5.71 Å². The Balaban J connectivity index is 1.25. The summed E-state index contributed by atoms with van der Waals surface area (Å²) in [5.41, 5.74) is 9.51. The number of fused-ring (bicyclic) bond motifs is 3. The summed E-state index contributed by atoms with van der Waals surface area (Å²) in [7, 11) is 0. The van der Waals surface area contributed by atoms with Crippen molar-refractivity contribution >= 4 is 33.3 Å². The van der Waals surface area contributed by atoms with Crippen LogP contribution >= 0.6 is 0 Å². The van der Waals surface area contributed by atoms with E-state index in [0.29, 0.717) is 0 Å². The van der Waals surface area contributed by atoms with Crippen LogP contribution in [-0.2, 0) is 0 Å². The second-order valence-electron chi connectivity index (χ2n) is 9.28. The highest BCUT2D eigenvalue weighted by Crippen LogP contribution is 2.33. The van der Waals surface area contributed by atoms with Gasteiger partial charge in [-0.1, -0.05) is 109 Å². The first kappa shape index (κ1) is 21.4. The van der Waals surface area contributed by atoms with Gasteiger partial charge in [-0.25, -0.2) is 0 Å². The Bertz CT molecular complexity index is 1780. The van der Waals surface area contributed by atoms with E-state index in [1.807, 2.05) is 30.3 Å². The summed E-state index contributed by atoms with van der Waals surface area (Å²) in [6.07, 6.45) is 2.00. The van der Waals surface area contributed by atoms with Crippen LogP contribution in [0, 0.1) is 0 Å². The summed E-state index contributed by atoms with van der Waals surface area (Å²) in [5, 5.41) is 5.91. The molecule has 0 saturated carbocycles. The second kappa shape index (κ2) is 8.96. The highest BCUT2D eigenvalue weighted by Gasteiger charge is 2.19. The van der Waals surface area contributed by atoms with E-state index in [2.05, 4.69) is 108 Å². The first-order valence-corrected chi connectivity index (χ1v) is 12.5. The van der Waals surface area contributed by atoms with Gasteiger partial charge in [0.15, 0.2) is 0 Å². The standard InChI is InChI=1S/C34H24N2O/c1-3-9-24(10-4-1)30-22-31(36-34(35-30)26-11-5-2-6-12-26)25-17-15-23(16-18-25)27-19-20-29-28-13-7-8-14-32(28)37-33(29)21-27/h1-22,34-35H. The van der Waals surface area contributed by atoms with E-state index in [1.165, 1.54) is 0 Å². The van der Waals surface area contributed by atoms with Crippen LogP contribution in [-0.4, -0.2) is 5.71 Å². The Morgan fingerprint density at radius 3 is 2.00 bits per heavy atom. The number of para-hydroxylation sites is 1. The van der Waals surface area contributed by atoms with Crippen molar-refractivity contribution in [1.29, 1.82) is 0 Å². The Morgan fingerprint density at radius 2 is 1.19 bits per heavy atom. The number of furan rings is 1. The normalized spacial score (nSPS) is 15.3. The van der Waals surface area contributed by atoms with Crippen LogP contribution in [0.3, 0.4) is 0 Å². The van der Waals surface area contributed by atoms with Crippen molar-refractivity contribution in [2.75, 3.05) is 0 Å². The number of benzene rings is 5. The topological polar surface area (TPSA) is 37.5 Å². The van der Waals surface area contributed by atoms with E-state index in [1.54, 1.807) is 0 Å². The number of rotatable bonds is 4. The SMILES string of the molecule is C1=C(c2ccccc2)NC(c2ccccc2)N=C1c1ccc(-c2ccc3c(c2)oc2ccccc23)cc1. The Kier molecular flexibility index (Phi) is 5.18. The molecule has 6 aromatic rings. The molecule has 1 aromatic heterocycles. The zero-order chi connectivity index (χ0) is 24.6. The summed E-state index contributed by atoms with van der Waals surface area (Å²) in [6.45, 7) is 0. The molecule has 0 saturated heterocycles. The Labute approximate surface area is 215 Å². The zero-order valence-electron chi connectivity index (χ0n) is 20.1. The van der Waals surface area contributed by atoms with Crippen molar-refractivity contribution in [2.45, 2.75) is 6.17 Å². The number of hydrogen-bond acceptors (Lipinski definition) is 3. The Hall–Kier alpha value is -4.89. The molecule has 0 bridgehead atoms. The molecule has 3 nitrogen and oxygen atoms in total. The fourth-order valence-electron chi connectivity index (χ4n) is 5.01. The third kappa shape index (κ3) is 4.01. The van der Waals surface area contributed by atoms with Gasteiger partial charge in [0.25, 0.3) is 0 Å². The van der Waals surface area contributed by atoms with E-state index in [9.17, 15) is 0 Å². The molecule has 5 aromatic carbocycles. The minimum Gasteiger partial charge on any atom is -0.456 e. The van der Waals surface area contributed by atoms with Crippen LogP contribution < -0.4 is 5.32 Å². The lowest BCUT2D eigenvalue weighted by Gasteiger charge is -2.25. The molecular formula is C34H24N2O. The molecule has 1 atom stereocenters. The monoisotopic (exact) mass is 476 g/mol. The number of aliphatic imine (C=N–C) groups is 1. The molecule has 1 aliphatic heterocycles. The van der Waals surface area contributed by atoms with Crippen molar-refractivity contribution in [3.63, 3.8) is 0 Å². The average Bonchev–Trinajstić information content (AvgIpc) is 3.36. The van der Waals surface area contributed by atoms with E-state index in [0.717, 1.165) is 61.2 Å². The molecule has 37 heavy (non-hydrogen) atoms. The molecule has 0 aliphatic carbocycles. The van der Waals surface area contributed by atoms with Crippen LogP contribution in [0.1, 0.15) is 22.9 Å². The third-order valence-corrected chi connectivity index (χ3v) is 6.93. The maximum atomic E-state index is 6.11. The first-order chi connectivity index (χ1) is 18.3. The molecule has 0 spiro atoms. The molecule has 3 heteroatoms. The van der Waals surface area contributed by atoms with Crippen LogP contribution in [0.25, 0.3) is 38.8 Å². The van der Waals surface area contributed by atoms with Crippen molar-refractivity contribution in [3.8, 4) is 11.1 Å². The Morgan fingerprint density at radius 1 is 0.541 bits per heavy atom.